The SMILES string of the molecule is CCC(=O)c1ccc(OC(C)C(=O)c2ccccc2)cc1. The number of ketones is 2. The van der Waals surface area contributed by atoms with Crippen LogP contribution in [0.2, 0.25) is 0 Å². The van der Waals surface area contributed by atoms with Gasteiger partial charge >= 0.3 is 0 Å². The Labute approximate surface area is 124 Å². The van der Waals surface area contributed by atoms with Gasteiger partial charge in [-0.15, -0.1) is 0 Å². The standard InChI is InChI=1S/C18H18O3/c1-3-17(19)14-9-11-16(12-10-14)21-13(2)18(20)15-7-5-4-6-8-15/h4-13H,3H2,1-2H3. The molecule has 0 bridgehead atoms. The summed E-state index contributed by atoms with van der Waals surface area (Å²) in [6, 6.07) is 15.9. The molecule has 0 saturated carbocycles. The molecule has 0 aliphatic heterocycles. The number of hydrogen-bond donors (Lipinski definition) is 0. The van der Waals surface area contributed by atoms with Gasteiger partial charge in [0.1, 0.15) is 5.75 Å². The van der Waals surface area contributed by atoms with Crippen LogP contribution in [0.4, 0.5) is 0 Å². The van der Waals surface area contributed by atoms with Crippen molar-refractivity contribution >= 4 is 11.6 Å². The molecule has 0 amide bonds. The molecule has 3 heteroatoms. The monoisotopic (exact) mass is 282 g/mol. The molecular formula is C18H18O3. The largest absolute Gasteiger partial charge is 0.483 e. The molecule has 0 aliphatic rings. The van der Waals surface area contributed by atoms with Gasteiger partial charge in [-0.25, -0.2) is 0 Å². The van der Waals surface area contributed by atoms with Gasteiger partial charge < -0.3 is 4.74 Å². The van der Waals surface area contributed by atoms with Crippen molar-refractivity contribution in [1.29, 1.82) is 0 Å². The van der Waals surface area contributed by atoms with Crippen LogP contribution < -0.4 is 4.74 Å². The summed E-state index contributed by atoms with van der Waals surface area (Å²) in [6.07, 6.45) is -0.0940. The summed E-state index contributed by atoms with van der Waals surface area (Å²) in [5.41, 5.74) is 1.29. The normalized spacial score (nSPS) is 11.7. The van der Waals surface area contributed by atoms with Crippen molar-refractivity contribution < 1.29 is 14.3 Å². The minimum Gasteiger partial charge on any atom is -0.483 e. The second-order valence-corrected chi connectivity index (χ2v) is 4.79. The van der Waals surface area contributed by atoms with E-state index in [0.717, 1.165) is 0 Å². The molecule has 0 heterocycles. The van der Waals surface area contributed by atoms with Crippen LogP contribution in [0.15, 0.2) is 54.6 Å². The zero-order chi connectivity index (χ0) is 15.2. The minimum atomic E-state index is -0.569. The second kappa shape index (κ2) is 6.84. The van der Waals surface area contributed by atoms with E-state index >= 15 is 0 Å². The van der Waals surface area contributed by atoms with E-state index in [2.05, 4.69) is 0 Å². The second-order valence-electron chi connectivity index (χ2n) is 4.79. The highest BCUT2D eigenvalue weighted by molar-refractivity contribution is 5.99. The number of rotatable bonds is 6. The van der Waals surface area contributed by atoms with E-state index in [0.29, 0.717) is 23.3 Å². The molecule has 2 aromatic carbocycles. The van der Waals surface area contributed by atoms with Gasteiger partial charge in [-0.2, -0.15) is 0 Å². The molecule has 3 nitrogen and oxygen atoms in total. The Morgan fingerprint density at radius 1 is 0.952 bits per heavy atom. The Bertz CT molecular complexity index is 615. The molecule has 0 spiro atoms. The van der Waals surface area contributed by atoms with Gasteiger partial charge in [0, 0.05) is 17.5 Å². The third kappa shape index (κ3) is 3.78. The first-order valence-electron chi connectivity index (χ1n) is 7.01. The number of carbonyl (C=O) groups excluding carboxylic acids is 2. The Balaban J connectivity index is 2.04. The van der Waals surface area contributed by atoms with Gasteiger partial charge in [0.25, 0.3) is 0 Å². The van der Waals surface area contributed by atoms with Crippen molar-refractivity contribution in [1.82, 2.24) is 0 Å². The maximum absolute atomic E-state index is 12.2. The van der Waals surface area contributed by atoms with E-state index in [1.165, 1.54) is 0 Å². The van der Waals surface area contributed by atoms with Crippen molar-refractivity contribution in [3.05, 3.63) is 65.7 Å². The fourth-order valence-electron chi connectivity index (χ4n) is 2.02. The van der Waals surface area contributed by atoms with E-state index < -0.39 is 6.10 Å². The highest BCUT2D eigenvalue weighted by atomic mass is 16.5. The average molecular weight is 282 g/mol. The summed E-state index contributed by atoms with van der Waals surface area (Å²) < 4.78 is 5.64. The number of ether oxygens (including phenoxy) is 1. The van der Waals surface area contributed by atoms with Gasteiger partial charge in [0.05, 0.1) is 0 Å². The lowest BCUT2D eigenvalue weighted by Crippen LogP contribution is -2.23. The van der Waals surface area contributed by atoms with Crippen LogP contribution in [0.25, 0.3) is 0 Å². The molecule has 0 N–H and O–H groups in total. The van der Waals surface area contributed by atoms with Crippen molar-refractivity contribution in [3.8, 4) is 5.75 Å². The van der Waals surface area contributed by atoms with E-state index in [4.69, 9.17) is 4.74 Å². The van der Waals surface area contributed by atoms with Gasteiger partial charge in [-0.05, 0) is 31.2 Å². The smallest absolute Gasteiger partial charge is 0.202 e. The molecular weight excluding hydrogens is 264 g/mol. The summed E-state index contributed by atoms with van der Waals surface area (Å²) in [7, 11) is 0. The topological polar surface area (TPSA) is 43.4 Å². The van der Waals surface area contributed by atoms with Crippen LogP contribution in [0.5, 0.6) is 5.75 Å². The molecule has 1 unspecified atom stereocenters. The van der Waals surface area contributed by atoms with Gasteiger partial charge in [-0.3, -0.25) is 9.59 Å². The van der Waals surface area contributed by atoms with Gasteiger partial charge in [-0.1, -0.05) is 37.3 Å². The number of benzene rings is 2. The average Bonchev–Trinajstić information content (AvgIpc) is 2.55. The quantitative estimate of drug-likeness (QED) is 0.754. The Kier molecular flexibility index (Phi) is 4.88. The summed E-state index contributed by atoms with van der Waals surface area (Å²) in [6.45, 7) is 3.55. The van der Waals surface area contributed by atoms with Crippen molar-refractivity contribution in [2.24, 2.45) is 0 Å². The molecule has 0 aliphatic carbocycles. The first kappa shape index (κ1) is 15.0. The van der Waals surface area contributed by atoms with Gasteiger partial charge in [0.15, 0.2) is 11.9 Å². The molecule has 0 aromatic heterocycles. The fourth-order valence-corrected chi connectivity index (χ4v) is 2.02. The van der Waals surface area contributed by atoms with Crippen LogP contribution in [-0.2, 0) is 0 Å². The molecule has 0 fully saturated rings. The molecule has 0 radical (unpaired) electrons. The predicted molar refractivity (Wildman–Crippen MR) is 81.9 cm³/mol. The number of Topliss-reactive ketones (excluding diaryl/α,β-unsaturated/α-hetero) is 2. The fraction of sp³-hybridized carbons (Fsp3) is 0.222. The van der Waals surface area contributed by atoms with E-state index in [1.807, 2.05) is 25.1 Å². The minimum absolute atomic E-state index is 0.0655. The highest BCUT2D eigenvalue weighted by Gasteiger charge is 2.16. The maximum atomic E-state index is 12.2. The van der Waals surface area contributed by atoms with Gasteiger partial charge in [0.2, 0.25) is 5.78 Å². The van der Waals surface area contributed by atoms with E-state index in [9.17, 15) is 9.59 Å². The molecule has 108 valence electrons. The molecule has 0 saturated heterocycles. The third-order valence-electron chi connectivity index (χ3n) is 3.24. The lowest BCUT2D eigenvalue weighted by atomic mass is 10.1. The summed E-state index contributed by atoms with van der Waals surface area (Å²) in [5, 5.41) is 0. The number of carbonyl (C=O) groups is 2. The zero-order valence-electron chi connectivity index (χ0n) is 12.2. The van der Waals surface area contributed by atoms with E-state index in [1.54, 1.807) is 43.3 Å². The molecule has 2 rings (SSSR count). The highest BCUT2D eigenvalue weighted by Crippen LogP contribution is 2.16. The van der Waals surface area contributed by atoms with Crippen molar-refractivity contribution in [3.63, 3.8) is 0 Å². The Morgan fingerprint density at radius 2 is 1.57 bits per heavy atom. The first-order chi connectivity index (χ1) is 10.1. The van der Waals surface area contributed by atoms with Crippen LogP contribution >= 0.6 is 0 Å². The van der Waals surface area contributed by atoms with Crippen molar-refractivity contribution in [2.75, 3.05) is 0 Å². The van der Waals surface area contributed by atoms with Crippen LogP contribution in [0.1, 0.15) is 41.0 Å². The zero-order valence-corrected chi connectivity index (χ0v) is 12.2. The molecule has 2 aromatic rings. The first-order valence-corrected chi connectivity index (χ1v) is 7.01. The van der Waals surface area contributed by atoms with Crippen LogP contribution in [-0.4, -0.2) is 17.7 Å². The Hall–Kier alpha value is -2.42. The third-order valence-corrected chi connectivity index (χ3v) is 3.24. The van der Waals surface area contributed by atoms with E-state index in [-0.39, 0.29) is 11.6 Å². The molecule has 21 heavy (non-hydrogen) atoms. The predicted octanol–water partition coefficient (Wildman–Crippen LogP) is 3.93. The maximum Gasteiger partial charge on any atom is 0.202 e. The summed E-state index contributed by atoms with van der Waals surface area (Å²) in [4.78, 5) is 23.7. The summed E-state index contributed by atoms with van der Waals surface area (Å²) in [5.74, 6) is 0.610. The number of hydrogen-bond acceptors (Lipinski definition) is 3. The summed E-state index contributed by atoms with van der Waals surface area (Å²) >= 11 is 0. The lowest BCUT2D eigenvalue weighted by Gasteiger charge is -2.14. The van der Waals surface area contributed by atoms with Crippen LogP contribution in [0, 0.1) is 0 Å². The van der Waals surface area contributed by atoms with Crippen LogP contribution in [0.3, 0.4) is 0 Å². The Morgan fingerprint density at radius 3 is 2.14 bits per heavy atom. The van der Waals surface area contributed by atoms with Crippen molar-refractivity contribution in [2.45, 2.75) is 26.4 Å². The molecule has 1 atom stereocenters. The lowest BCUT2D eigenvalue weighted by molar-refractivity contribution is 0.0817.